The van der Waals surface area contributed by atoms with Crippen LogP contribution < -0.4 is 0 Å². The SMILES string of the molecule is C#CCCN(C)CC(=O)N(C)C. The minimum Gasteiger partial charge on any atom is -0.348 e. The van der Waals surface area contributed by atoms with Crippen LogP contribution in [0.25, 0.3) is 0 Å². The summed E-state index contributed by atoms with van der Waals surface area (Å²) in [5.41, 5.74) is 0. The monoisotopic (exact) mass is 168 g/mol. The van der Waals surface area contributed by atoms with Crippen LogP contribution in [0.4, 0.5) is 0 Å². The maximum absolute atomic E-state index is 11.1. The molecule has 3 nitrogen and oxygen atoms in total. The second-order valence-corrected chi connectivity index (χ2v) is 2.98. The summed E-state index contributed by atoms with van der Waals surface area (Å²) in [7, 11) is 5.38. The fourth-order valence-corrected chi connectivity index (χ4v) is 0.707. The van der Waals surface area contributed by atoms with Gasteiger partial charge in [-0.3, -0.25) is 9.69 Å². The van der Waals surface area contributed by atoms with E-state index < -0.39 is 0 Å². The van der Waals surface area contributed by atoms with E-state index in [1.807, 2.05) is 11.9 Å². The van der Waals surface area contributed by atoms with Crippen LogP contribution in [0.15, 0.2) is 0 Å². The predicted molar refractivity (Wildman–Crippen MR) is 49.6 cm³/mol. The van der Waals surface area contributed by atoms with Crippen LogP contribution in [-0.2, 0) is 4.79 Å². The van der Waals surface area contributed by atoms with Gasteiger partial charge in [0.25, 0.3) is 0 Å². The van der Waals surface area contributed by atoms with Crippen molar-refractivity contribution in [2.24, 2.45) is 0 Å². The van der Waals surface area contributed by atoms with Crippen molar-refractivity contribution in [3.05, 3.63) is 0 Å². The molecule has 3 heteroatoms. The summed E-state index contributed by atoms with van der Waals surface area (Å²) < 4.78 is 0. The van der Waals surface area contributed by atoms with Gasteiger partial charge >= 0.3 is 0 Å². The molecule has 0 aromatic heterocycles. The summed E-state index contributed by atoms with van der Waals surface area (Å²) in [6.45, 7) is 1.21. The fraction of sp³-hybridized carbons (Fsp3) is 0.667. The highest BCUT2D eigenvalue weighted by atomic mass is 16.2. The first-order valence-electron chi connectivity index (χ1n) is 3.90. The summed E-state index contributed by atoms with van der Waals surface area (Å²) in [6, 6.07) is 0. The van der Waals surface area contributed by atoms with Gasteiger partial charge in [0.15, 0.2) is 0 Å². The zero-order valence-electron chi connectivity index (χ0n) is 8.00. The molecule has 0 saturated carbocycles. The predicted octanol–water partition coefficient (Wildman–Crippen LogP) is 0.0297. The molecule has 0 atom stereocenters. The number of terminal acetylenes is 1. The number of likely N-dealkylation sites (N-methyl/N-ethyl adjacent to an activating group) is 2. The van der Waals surface area contributed by atoms with Gasteiger partial charge in [0.1, 0.15) is 0 Å². The van der Waals surface area contributed by atoms with Crippen molar-refractivity contribution in [1.29, 1.82) is 0 Å². The molecule has 0 bridgehead atoms. The van der Waals surface area contributed by atoms with Gasteiger partial charge in [-0.2, -0.15) is 0 Å². The van der Waals surface area contributed by atoms with E-state index in [1.54, 1.807) is 19.0 Å². The van der Waals surface area contributed by atoms with Gasteiger partial charge in [-0.15, -0.1) is 12.3 Å². The first-order chi connectivity index (χ1) is 5.57. The van der Waals surface area contributed by atoms with Crippen molar-refractivity contribution in [2.45, 2.75) is 6.42 Å². The average Bonchev–Trinajstić information content (AvgIpc) is 2.00. The largest absolute Gasteiger partial charge is 0.348 e. The van der Waals surface area contributed by atoms with E-state index in [2.05, 4.69) is 5.92 Å². The first-order valence-corrected chi connectivity index (χ1v) is 3.90. The lowest BCUT2D eigenvalue weighted by atomic mass is 10.4. The van der Waals surface area contributed by atoms with Crippen molar-refractivity contribution in [3.63, 3.8) is 0 Å². The molecule has 0 unspecified atom stereocenters. The lowest BCUT2D eigenvalue weighted by Crippen LogP contribution is -2.34. The Labute approximate surface area is 74.3 Å². The molecule has 0 N–H and O–H groups in total. The Morgan fingerprint density at radius 2 is 2.00 bits per heavy atom. The minimum atomic E-state index is 0.106. The van der Waals surface area contributed by atoms with Crippen molar-refractivity contribution in [2.75, 3.05) is 34.2 Å². The lowest BCUT2D eigenvalue weighted by molar-refractivity contribution is -0.129. The van der Waals surface area contributed by atoms with Crippen molar-refractivity contribution >= 4 is 5.91 Å². The quantitative estimate of drug-likeness (QED) is 0.553. The van der Waals surface area contributed by atoms with E-state index in [9.17, 15) is 4.79 Å². The molecule has 0 aromatic carbocycles. The highest BCUT2D eigenvalue weighted by Crippen LogP contribution is 1.88. The molecule has 0 spiro atoms. The van der Waals surface area contributed by atoms with Gasteiger partial charge in [-0.1, -0.05) is 0 Å². The Kier molecular flexibility index (Phi) is 5.14. The number of amides is 1. The molecule has 0 fully saturated rings. The normalized spacial score (nSPS) is 9.58. The second kappa shape index (κ2) is 5.62. The van der Waals surface area contributed by atoms with Crippen LogP contribution >= 0.6 is 0 Å². The third kappa shape index (κ3) is 4.75. The smallest absolute Gasteiger partial charge is 0.236 e. The maximum Gasteiger partial charge on any atom is 0.236 e. The molecular formula is C9H16N2O. The molecule has 0 radical (unpaired) electrons. The maximum atomic E-state index is 11.1. The summed E-state index contributed by atoms with van der Waals surface area (Å²) in [6.07, 6.45) is 5.79. The number of carbonyl (C=O) groups excluding carboxylic acids is 1. The Hall–Kier alpha value is -1.01. The number of rotatable bonds is 4. The topological polar surface area (TPSA) is 23.6 Å². The molecule has 0 aliphatic carbocycles. The van der Waals surface area contributed by atoms with Crippen LogP contribution in [0.1, 0.15) is 6.42 Å². The highest BCUT2D eigenvalue weighted by molar-refractivity contribution is 5.77. The number of hydrogen-bond donors (Lipinski definition) is 0. The van der Waals surface area contributed by atoms with E-state index in [4.69, 9.17) is 6.42 Å². The molecule has 0 aromatic rings. The molecule has 0 rings (SSSR count). The highest BCUT2D eigenvalue weighted by Gasteiger charge is 2.06. The molecule has 1 amide bonds. The van der Waals surface area contributed by atoms with Crippen LogP contribution in [0, 0.1) is 12.3 Å². The summed E-state index contributed by atoms with van der Waals surface area (Å²) in [4.78, 5) is 14.6. The lowest BCUT2D eigenvalue weighted by Gasteiger charge is -2.17. The van der Waals surface area contributed by atoms with Crippen LogP contribution in [-0.4, -0.2) is 49.9 Å². The fourth-order valence-electron chi connectivity index (χ4n) is 0.707. The molecular weight excluding hydrogens is 152 g/mol. The summed E-state index contributed by atoms with van der Waals surface area (Å²) >= 11 is 0. The Morgan fingerprint density at radius 3 is 2.42 bits per heavy atom. The van der Waals surface area contributed by atoms with Crippen LogP contribution in [0.2, 0.25) is 0 Å². The van der Waals surface area contributed by atoms with Crippen molar-refractivity contribution in [3.8, 4) is 12.3 Å². The molecule has 68 valence electrons. The molecule has 0 aliphatic heterocycles. The second-order valence-electron chi connectivity index (χ2n) is 2.98. The number of carbonyl (C=O) groups is 1. The summed E-state index contributed by atoms with van der Waals surface area (Å²) in [5, 5.41) is 0. The van der Waals surface area contributed by atoms with Crippen LogP contribution in [0.3, 0.4) is 0 Å². The standard InChI is InChI=1S/C9H16N2O/c1-5-6-7-11(4)8-9(12)10(2)3/h1H,6-8H2,2-4H3. The van der Waals surface area contributed by atoms with E-state index in [1.165, 1.54) is 0 Å². The Balaban J connectivity index is 3.63. The third-order valence-electron chi connectivity index (χ3n) is 1.54. The number of hydrogen-bond acceptors (Lipinski definition) is 2. The van der Waals surface area contributed by atoms with E-state index in [-0.39, 0.29) is 5.91 Å². The average molecular weight is 168 g/mol. The first kappa shape index (κ1) is 11.0. The molecule has 0 heterocycles. The zero-order valence-corrected chi connectivity index (χ0v) is 8.00. The Bertz CT molecular complexity index is 181. The van der Waals surface area contributed by atoms with Crippen molar-refractivity contribution < 1.29 is 4.79 Å². The van der Waals surface area contributed by atoms with Gasteiger partial charge in [0.05, 0.1) is 6.54 Å². The molecule has 0 aliphatic rings. The van der Waals surface area contributed by atoms with Gasteiger partial charge in [-0.05, 0) is 7.05 Å². The number of nitrogens with zero attached hydrogens (tertiary/aromatic N) is 2. The third-order valence-corrected chi connectivity index (χ3v) is 1.54. The van der Waals surface area contributed by atoms with Crippen LogP contribution in [0.5, 0.6) is 0 Å². The summed E-state index contributed by atoms with van der Waals surface area (Å²) in [5.74, 6) is 2.64. The zero-order chi connectivity index (χ0) is 9.56. The van der Waals surface area contributed by atoms with Gasteiger partial charge < -0.3 is 4.90 Å². The van der Waals surface area contributed by atoms with Gasteiger partial charge in [-0.25, -0.2) is 0 Å². The van der Waals surface area contributed by atoms with Gasteiger partial charge in [0.2, 0.25) is 5.91 Å². The molecule has 12 heavy (non-hydrogen) atoms. The van der Waals surface area contributed by atoms with E-state index in [0.717, 1.165) is 6.54 Å². The molecule has 0 saturated heterocycles. The van der Waals surface area contributed by atoms with Crippen molar-refractivity contribution in [1.82, 2.24) is 9.80 Å². The van der Waals surface area contributed by atoms with E-state index >= 15 is 0 Å². The Morgan fingerprint density at radius 1 is 1.42 bits per heavy atom. The van der Waals surface area contributed by atoms with Gasteiger partial charge in [0, 0.05) is 27.1 Å². The van der Waals surface area contributed by atoms with E-state index in [0.29, 0.717) is 13.0 Å². The minimum absolute atomic E-state index is 0.106.